The lowest BCUT2D eigenvalue weighted by molar-refractivity contribution is -0.929. The number of alkyl halides is 3. The molecule has 0 aliphatic carbocycles. The van der Waals surface area contributed by atoms with Crippen LogP contribution in [0, 0.1) is 11.8 Å². The number of piperazine rings is 2. The molecule has 9 rings (SSSR count). The molecule has 0 spiro atoms. The van der Waals surface area contributed by atoms with Crippen molar-refractivity contribution in [2.75, 3.05) is 96.9 Å². The summed E-state index contributed by atoms with van der Waals surface area (Å²) >= 11 is 6.59. The SMILES string of the molecule is Cn1c(-c2cn(-c3cc4[nH]cc(C(=O)N5CCNCC5)c4cn3)nc2C(F)(F)F)cnc1C(=O)Nc1ccc(C(=O)N2CCN(C(=O)C3CC[N+](CC(=O)O)(CC4CNC4)CC3)CC2)c(Cl)c1. The number of rotatable bonds is 11. The first-order chi connectivity index (χ1) is 32.1. The van der Waals surface area contributed by atoms with Crippen molar-refractivity contribution in [1.82, 2.24) is 54.6 Å². The number of pyridine rings is 1. The number of benzene rings is 1. The normalized spacial score (nSPS) is 20.5. The molecule has 0 saturated carbocycles. The Kier molecular flexibility index (Phi) is 12.6. The van der Waals surface area contributed by atoms with E-state index < -0.39 is 23.7 Å². The van der Waals surface area contributed by atoms with Crippen molar-refractivity contribution >= 4 is 57.8 Å². The zero-order chi connectivity index (χ0) is 47.2. The third-order valence-electron chi connectivity index (χ3n) is 13.4. The van der Waals surface area contributed by atoms with Gasteiger partial charge in [-0.2, -0.15) is 18.3 Å². The maximum absolute atomic E-state index is 14.5. The predicted molar refractivity (Wildman–Crippen MR) is 238 cm³/mol. The van der Waals surface area contributed by atoms with E-state index in [2.05, 4.69) is 36.0 Å². The summed E-state index contributed by atoms with van der Waals surface area (Å²) in [7, 11) is 1.40. The number of fused-ring (bicyclic) bond motifs is 1. The molecular formula is C44H50ClF3N13O6+. The van der Waals surface area contributed by atoms with E-state index in [1.165, 1.54) is 42.1 Å². The van der Waals surface area contributed by atoms with Crippen LogP contribution in [-0.4, -0.2) is 175 Å². The Labute approximate surface area is 386 Å². The van der Waals surface area contributed by atoms with Crippen LogP contribution in [-0.2, 0) is 22.8 Å². The van der Waals surface area contributed by atoms with Crippen LogP contribution in [0.15, 0.2) is 49.1 Å². The lowest BCUT2D eigenvalue weighted by atomic mass is 9.90. The molecule has 0 atom stereocenters. The van der Waals surface area contributed by atoms with Crippen molar-refractivity contribution in [3.63, 3.8) is 0 Å². The van der Waals surface area contributed by atoms with Gasteiger partial charge in [0.05, 0.1) is 58.8 Å². The highest BCUT2D eigenvalue weighted by Crippen LogP contribution is 2.37. The number of nitrogens with zero attached hydrogens (tertiary/aromatic N) is 9. The largest absolute Gasteiger partial charge is 0.477 e. The highest BCUT2D eigenvalue weighted by atomic mass is 35.5. The Hall–Kier alpha value is -6.36. The number of aliphatic carboxylic acids is 1. The molecule has 0 unspecified atom stereocenters. The number of piperidine rings is 1. The molecule has 4 aromatic heterocycles. The first kappa shape index (κ1) is 45.8. The summed E-state index contributed by atoms with van der Waals surface area (Å²) in [5.41, 5.74) is -0.362. The molecule has 1 aromatic carbocycles. The number of aromatic amines is 1. The number of aromatic nitrogens is 6. The third kappa shape index (κ3) is 9.34. The number of carbonyl (C=O) groups is 5. The van der Waals surface area contributed by atoms with Crippen LogP contribution in [0.4, 0.5) is 18.9 Å². The maximum Gasteiger partial charge on any atom is 0.435 e. The van der Waals surface area contributed by atoms with Crippen LogP contribution in [0.5, 0.6) is 0 Å². The minimum Gasteiger partial charge on any atom is -0.477 e. The molecule has 0 bridgehead atoms. The van der Waals surface area contributed by atoms with Crippen molar-refractivity contribution in [1.29, 1.82) is 0 Å². The average molecular weight is 949 g/mol. The van der Waals surface area contributed by atoms with E-state index in [9.17, 15) is 42.3 Å². The number of imidazole rings is 1. The van der Waals surface area contributed by atoms with Gasteiger partial charge in [-0.15, -0.1) is 0 Å². The highest BCUT2D eigenvalue weighted by molar-refractivity contribution is 6.34. The number of anilines is 1. The van der Waals surface area contributed by atoms with Gasteiger partial charge in [-0.05, 0) is 18.2 Å². The third-order valence-corrected chi connectivity index (χ3v) is 13.8. The highest BCUT2D eigenvalue weighted by Gasteiger charge is 2.43. The van der Waals surface area contributed by atoms with Gasteiger partial charge >= 0.3 is 12.1 Å². The summed E-state index contributed by atoms with van der Waals surface area (Å²) in [6.07, 6.45) is 1.60. The van der Waals surface area contributed by atoms with Crippen LogP contribution in [0.25, 0.3) is 28.0 Å². The number of hydrogen-bond donors (Lipinski definition) is 5. The van der Waals surface area contributed by atoms with Crippen LogP contribution >= 0.6 is 11.6 Å². The monoisotopic (exact) mass is 948 g/mol. The van der Waals surface area contributed by atoms with E-state index in [0.717, 1.165) is 36.7 Å². The molecule has 8 heterocycles. The zero-order valence-electron chi connectivity index (χ0n) is 36.6. The summed E-state index contributed by atoms with van der Waals surface area (Å²) in [5.74, 6) is -2.00. The fourth-order valence-electron chi connectivity index (χ4n) is 9.70. The molecule has 0 radical (unpaired) electrons. The van der Waals surface area contributed by atoms with E-state index in [1.54, 1.807) is 20.9 Å². The van der Waals surface area contributed by atoms with E-state index in [1.807, 2.05) is 0 Å². The van der Waals surface area contributed by atoms with Crippen molar-refractivity contribution in [3.05, 3.63) is 76.7 Å². The Bertz CT molecular complexity index is 2730. The maximum atomic E-state index is 14.5. The van der Waals surface area contributed by atoms with Crippen molar-refractivity contribution in [3.8, 4) is 17.1 Å². The number of quaternary nitrogens is 1. The fraction of sp³-hybridized carbons (Fsp3) is 0.455. The summed E-state index contributed by atoms with van der Waals surface area (Å²) in [4.78, 5) is 82.2. The number of likely N-dealkylation sites (tertiary alicyclic amines) is 1. The molecule has 67 heavy (non-hydrogen) atoms. The molecular weight excluding hydrogens is 899 g/mol. The number of carboxylic acids is 1. The molecule has 5 aromatic rings. The van der Waals surface area contributed by atoms with Gasteiger partial charge in [0.25, 0.3) is 17.7 Å². The molecule has 4 fully saturated rings. The number of halogens is 4. The quantitative estimate of drug-likeness (QED) is 0.121. The van der Waals surface area contributed by atoms with Crippen LogP contribution in [0.1, 0.15) is 49.9 Å². The Morgan fingerprint density at radius 1 is 0.896 bits per heavy atom. The van der Waals surface area contributed by atoms with Gasteiger partial charge in [-0.25, -0.2) is 19.4 Å². The summed E-state index contributed by atoms with van der Waals surface area (Å²) < 4.78 is 46.2. The number of amides is 4. The van der Waals surface area contributed by atoms with Crippen LogP contribution < -0.4 is 16.0 Å². The van der Waals surface area contributed by atoms with Gasteiger partial charge in [0.1, 0.15) is 0 Å². The standard InChI is InChI=1S/C44H49ClF3N13O6/c1-56-35(32-23-60(55-38(32)44(46,47)48)36-17-34-30(20-52-36)31(21-51-34)43(67)57-8-6-49-7-9-57)22-53-39(56)40(64)54-28-2-3-29(33(45)16-28)42(66)59-12-10-58(11-13-59)41(65)27-4-14-61(15-5-27,25-37(62)63)24-26-18-50-19-26/h2-3,16-17,20-23,26-27,49-50H,4-15,18-19,24-25H2,1H3,(H2-,51,52,54,62,63,64,66,67)/p+1. The minimum absolute atomic E-state index is 0.0259. The average Bonchev–Trinajstić information content (AvgIpc) is 4.04. The predicted octanol–water partition coefficient (Wildman–Crippen LogP) is 2.93. The molecule has 19 nitrogen and oxygen atoms in total. The van der Waals surface area contributed by atoms with Crippen molar-refractivity contribution < 1.29 is 46.7 Å². The van der Waals surface area contributed by atoms with Crippen molar-refractivity contribution in [2.24, 2.45) is 18.9 Å². The topological polar surface area (TPSA) is 216 Å². The van der Waals surface area contributed by atoms with Gasteiger partial charge in [-0.3, -0.25) is 19.2 Å². The summed E-state index contributed by atoms with van der Waals surface area (Å²) in [5, 5.41) is 23.1. The first-order valence-corrected chi connectivity index (χ1v) is 22.6. The van der Waals surface area contributed by atoms with Gasteiger partial charge < -0.3 is 49.8 Å². The Balaban J connectivity index is 0.826. The summed E-state index contributed by atoms with van der Waals surface area (Å²) in [6.45, 7) is 7.60. The van der Waals surface area contributed by atoms with Gasteiger partial charge in [0, 0.05) is 133 Å². The second-order valence-corrected chi connectivity index (χ2v) is 18.2. The lowest BCUT2D eigenvalue weighted by Crippen LogP contribution is -2.62. The number of nitrogens with one attached hydrogen (secondary N) is 4. The van der Waals surface area contributed by atoms with Crippen LogP contribution in [0.2, 0.25) is 5.02 Å². The van der Waals surface area contributed by atoms with E-state index in [-0.39, 0.29) is 82.4 Å². The number of H-pyrrole nitrogens is 1. The molecule has 4 aliphatic heterocycles. The zero-order valence-corrected chi connectivity index (χ0v) is 37.4. The first-order valence-electron chi connectivity index (χ1n) is 22.2. The van der Waals surface area contributed by atoms with Gasteiger partial charge in [-0.1, -0.05) is 11.6 Å². The molecule has 354 valence electrons. The van der Waals surface area contributed by atoms with Gasteiger partial charge in [0.2, 0.25) is 5.91 Å². The van der Waals surface area contributed by atoms with Crippen LogP contribution in [0.3, 0.4) is 0 Å². The number of hydrogen-bond acceptors (Lipinski definition) is 10. The molecule has 23 heteroatoms. The molecule has 4 saturated heterocycles. The van der Waals surface area contributed by atoms with Crippen molar-refractivity contribution in [2.45, 2.75) is 19.0 Å². The smallest absolute Gasteiger partial charge is 0.435 e. The van der Waals surface area contributed by atoms with E-state index >= 15 is 0 Å². The Morgan fingerprint density at radius 3 is 2.24 bits per heavy atom. The second-order valence-electron chi connectivity index (χ2n) is 17.8. The van der Waals surface area contributed by atoms with Gasteiger partial charge in [0.15, 0.2) is 23.9 Å². The summed E-state index contributed by atoms with van der Waals surface area (Å²) in [6, 6.07) is 5.85. The fourth-order valence-corrected chi connectivity index (χ4v) is 9.96. The van der Waals surface area contributed by atoms with E-state index in [4.69, 9.17) is 11.6 Å². The lowest BCUT2D eigenvalue weighted by Gasteiger charge is -2.46. The van der Waals surface area contributed by atoms with E-state index in [0.29, 0.717) is 92.1 Å². The molecule has 4 aliphatic rings. The minimum atomic E-state index is -4.89. The Morgan fingerprint density at radius 2 is 1.58 bits per heavy atom. The molecule has 5 N–H and O–H groups in total. The molecule has 4 amide bonds. The number of carboxylic acid groups (broad SMARTS) is 1. The second kappa shape index (κ2) is 18.4. The number of carbonyl (C=O) groups excluding carboxylic acids is 4.